The van der Waals surface area contributed by atoms with Crippen LogP contribution in [0.4, 0.5) is 8.78 Å². The van der Waals surface area contributed by atoms with Crippen molar-refractivity contribution < 1.29 is 25.6 Å². The first-order valence-electron chi connectivity index (χ1n) is 6.73. The van der Waals surface area contributed by atoms with Crippen LogP contribution >= 0.6 is 0 Å². The minimum absolute atomic E-state index is 0.0774. The minimum atomic E-state index is -4.13. The first kappa shape index (κ1) is 19.9. The summed E-state index contributed by atoms with van der Waals surface area (Å²) in [6, 6.07) is 3.84. The number of rotatable bonds is 7. The molecule has 0 spiro atoms. The van der Waals surface area contributed by atoms with Gasteiger partial charge in [-0.25, -0.2) is 29.9 Å². The summed E-state index contributed by atoms with van der Waals surface area (Å²) in [7, 11) is -5.12. The Bertz CT molecular complexity index is 730. The monoisotopic (exact) mass is 370 g/mol. The lowest BCUT2D eigenvalue weighted by Gasteiger charge is -2.25. The first-order chi connectivity index (χ1) is 10.4. The van der Waals surface area contributed by atoms with Gasteiger partial charge in [0.05, 0.1) is 16.3 Å². The van der Waals surface area contributed by atoms with Crippen molar-refractivity contribution in [2.24, 2.45) is 0 Å². The second-order valence-corrected chi connectivity index (χ2v) is 9.36. The van der Waals surface area contributed by atoms with Crippen molar-refractivity contribution in [3.63, 3.8) is 0 Å². The Labute approximate surface area is 135 Å². The van der Waals surface area contributed by atoms with Crippen LogP contribution in [0, 0.1) is 0 Å². The Balaban J connectivity index is 3.25. The Hall–Kier alpha value is -1.10. The van der Waals surface area contributed by atoms with Crippen molar-refractivity contribution in [1.82, 2.24) is 8.61 Å². The topological polar surface area (TPSA) is 74.8 Å². The fourth-order valence-electron chi connectivity index (χ4n) is 1.85. The Morgan fingerprint density at radius 3 is 1.61 bits per heavy atom. The summed E-state index contributed by atoms with van der Waals surface area (Å²) in [6.07, 6.45) is -2.81. The molecule has 1 aromatic carbocycles. The predicted octanol–water partition coefficient (Wildman–Crippen LogP) is 1.60. The molecule has 10 heteroatoms. The zero-order valence-corrected chi connectivity index (χ0v) is 14.9. The van der Waals surface area contributed by atoms with Gasteiger partial charge in [0.2, 0.25) is 20.0 Å². The van der Waals surface area contributed by atoms with Crippen molar-refractivity contribution in [1.29, 1.82) is 0 Å². The Kier molecular flexibility index (Phi) is 6.25. The van der Waals surface area contributed by atoms with E-state index >= 15 is 0 Å². The first-order valence-corrected chi connectivity index (χ1v) is 9.61. The molecule has 0 unspecified atom stereocenters. The van der Waals surface area contributed by atoms with Crippen molar-refractivity contribution in [2.45, 2.75) is 36.1 Å². The van der Waals surface area contributed by atoms with E-state index in [4.69, 9.17) is 0 Å². The maximum absolute atomic E-state index is 12.6. The quantitative estimate of drug-likeness (QED) is 0.731. The van der Waals surface area contributed by atoms with E-state index in [1.165, 1.54) is 27.9 Å². The van der Waals surface area contributed by atoms with E-state index in [-0.39, 0.29) is 9.79 Å². The molecular weight excluding hydrogens is 350 g/mol. The molecule has 0 N–H and O–H groups in total. The largest absolute Gasteiger partial charge is 0.252 e. The summed E-state index contributed by atoms with van der Waals surface area (Å²) in [5.74, 6) is 0. The number of halogens is 2. The number of benzene rings is 1. The van der Waals surface area contributed by atoms with Crippen LogP contribution in [0.5, 0.6) is 0 Å². The van der Waals surface area contributed by atoms with Crippen LogP contribution in [0.25, 0.3) is 0 Å². The summed E-state index contributed by atoms with van der Waals surface area (Å²) >= 11 is 0. The van der Waals surface area contributed by atoms with Gasteiger partial charge in [0, 0.05) is 20.1 Å². The second kappa shape index (κ2) is 7.20. The number of alkyl halides is 2. The normalized spacial score (nSPS) is 13.5. The molecule has 0 aliphatic carbocycles. The highest BCUT2D eigenvalue weighted by molar-refractivity contribution is 7.89. The molecule has 0 fully saturated rings. The minimum Gasteiger partial charge on any atom is -0.209 e. The average molecular weight is 370 g/mol. The third kappa shape index (κ3) is 4.46. The molecular formula is C13H20F2N2O4S2. The summed E-state index contributed by atoms with van der Waals surface area (Å²) in [5.41, 5.74) is 0. The number of hydrogen-bond acceptors (Lipinski definition) is 4. The number of nitrogens with zero attached hydrogens (tertiary/aromatic N) is 2. The molecule has 23 heavy (non-hydrogen) atoms. The van der Waals surface area contributed by atoms with E-state index in [2.05, 4.69) is 0 Å². The van der Waals surface area contributed by atoms with Gasteiger partial charge in [-0.05, 0) is 38.1 Å². The molecule has 0 saturated carbocycles. The van der Waals surface area contributed by atoms with Gasteiger partial charge in [-0.2, -0.15) is 4.31 Å². The van der Waals surface area contributed by atoms with E-state index in [0.29, 0.717) is 4.31 Å². The van der Waals surface area contributed by atoms with Gasteiger partial charge in [0.1, 0.15) is 0 Å². The molecule has 0 amide bonds. The van der Waals surface area contributed by atoms with Gasteiger partial charge in [0.25, 0.3) is 6.43 Å². The second-order valence-electron chi connectivity index (χ2n) is 5.32. The van der Waals surface area contributed by atoms with E-state index < -0.39 is 39.1 Å². The molecule has 1 aromatic rings. The van der Waals surface area contributed by atoms with E-state index in [1.54, 1.807) is 0 Å². The van der Waals surface area contributed by atoms with Gasteiger partial charge in [-0.1, -0.05) is 0 Å². The molecule has 0 aliphatic heterocycles. The van der Waals surface area contributed by atoms with Crippen LogP contribution in [0.15, 0.2) is 34.1 Å². The molecule has 132 valence electrons. The Morgan fingerprint density at radius 1 is 0.913 bits per heavy atom. The van der Waals surface area contributed by atoms with Gasteiger partial charge in [-0.15, -0.1) is 0 Å². The molecule has 0 atom stereocenters. The summed E-state index contributed by atoms with van der Waals surface area (Å²) in [4.78, 5) is -0.309. The standard InChI is InChI=1S/C13H20F2N2O4S2/c1-10(2)17(9-13(14)15)23(20,21)12-7-5-11(6-8-12)22(18,19)16(3)4/h5-8,10,13H,9H2,1-4H3. The lowest BCUT2D eigenvalue weighted by atomic mass is 10.4. The maximum Gasteiger partial charge on any atom is 0.252 e. The lowest BCUT2D eigenvalue weighted by Crippen LogP contribution is -2.40. The van der Waals surface area contributed by atoms with Crippen LogP contribution in [-0.2, 0) is 20.0 Å². The van der Waals surface area contributed by atoms with E-state index in [1.807, 2.05) is 0 Å². The number of hydrogen-bond donors (Lipinski definition) is 0. The van der Waals surface area contributed by atoms with Crippen molar-refractivity contribution in [3.05, 3.63) is 24.3 Å². The summed E-state index contributed by atoms with van der Waals surface area (Å²) < 4.78 is 75.7. The van der Waals surface area contributed by atoms with E-state index in [0.717, 1.165) is 28.6 Å². The van der Waals surface area contributed by atoms with Crippen LogP contribution in [-0.4, -0.2) is 58.6 Å². The van der Waals surface area contributed by atoms with Crippen molar-refractivity contribution >= 4 is 20.0 Å². The third-order valence-corrected chi connectivity index (χ3v) is 6.99. The smallest absolute Gasteiger partial charge is 0.209 e. The zero-order valence-electron chi connectivity index (χ0n) is 13.3. The van der Waals surface area contributed by atoms with Gasteiger partial charge in [-0.3, -0.25) is 0 Å². The highest BCUT2D eigenvalue weighted by Crippen LogP contribution is 2.22. The highest BCUT2D eigenvalue weighted by atomic mass is 32.2. The van der Waals surface area contributed by atoms with Gasteiger partial charge in [0.15, 0.2) is 0 Å². The van der Waals surface area contributed by atoms with E-state index in [9.17, 15) is 25.6 Å². The van der Waals surface area contributed by atoms with Crippen molar-refractivity contribution in [3.8, 4) is 0 Å². The SMILES string of the molecule is CC(C)N(CC(F)F)S(=O)(=O)c1ccc(S(=O)(=O)N(C)C)cc1. The zero-order chi connectivity index (χ0) is 18.0. The predicted molar refractivity (Wildman–Crippen MR) is 82.3 cm³/mol. The van der Waals surface area contributed by atoms with Gasteiger partial charge < -0.3 is 0 Å². The molecule has 0 saturated heterocycles. The average Bonchev–Trinajstić information content (AvgIpc) is 2.44. The molecule has 0 heterocycles. The molecule has 6 nitrogen and oxygen atoms in total. The van der Waals surface area contributed by atoms with Crippen molar-refractivity contribution in [2.75, 3.05) is 20.6 Å². The third-order valence-electron chi connectivity index (χ3n) is 3.10. The Morgan fingerprint density at radius 2 is 1.30 bits per heavy atom. The van der Waals surface area contributed by atoms with Gasteiger partial charge >= 0.3 is 0 Å². The van der Waals surface area contributed by atoms with Crippen LogP contribution in [0.1, 0.15) is 13.8 Å². The molecule has 0 radical (unpaired) electrons. The maximum atomic E-state index is 12.6. The molecule has 0 bridgehead atoms. The summed E-state index contributed by atoms with van der Waals surface area (Å²) in [5, 5.41) is 0. The fraction of sp³-hybridized carbons (Fsp3) is 0.538. The summed E-state index contributed by atoms with van der Waals surface area (Å²) in [6.45, 7) is 2.06. The number of sulfonamides is 2. The molecule has 1 rings (SSSR count). The molecule has 0 aromatic heterocycles. The molecule has 0 aliphatic rings. The van der Waals surface area contributed by atoms with Crippen LogP contribution < -0.4 is 0 Å². The van der Waals surface area contributed by atoms with Crippen LogP contribution in [0.2, 0.25) is 0 Å². The van der Waals surface area contributed by atoms with Crippen LogP contribution in [0.3, 0.4) is 0 Å². The highest BCUT2D eigenvalue weighted by Gasteiger charge is 2.30. The fourth-order valence-corrected chi connectivity index (χ4v) is 4.37. The lowest BCUT2D eigenvalue weighted by molar-refractivity contribution is 0.111.